The van der Waals surface area contributed by atoms with Crippen LogP contribution in [0.3, 0.4) is 0 Å². The van der Waals surface area contributed by atoms with E-state index in [2.05, 4.69) is 0 Å². The molecule has 1 heterocycles. The van der Waals surface area contributed by atoms with Gasteiger partial charge >= 0.3 is 0 Å². The predicted molar refractivity (Wildman–Crippen MR) is 86.1 cm³/mol. The van der Waals surface area contributed by atoms with E-state index in [1.54, 1.807) is 26.2 Å². The van der Waals surface area contributed by atoms with Gasteiger partial charge in [-0.25, -0.2) is 0 Å². The molecule has 1 saturated heterocycles. The SMILES string of the molecule is COc1cc(CN(C)C(=O)C2CCOCC2)cc(OC)c1OC. The molecule has 6 nitrogen and oxygen atoms in total. The van der Waals surface area contributed by atoms with Gasteiger partial charge in [-0.1, -0.05) is 0 Å². The van der Waals surface area contributed by atoms with E-state index < -0.39 is 0 Å². The Morgan fingerprint density at radius 1 is 1.13 bits per heavy atom. The molecule has 0 aliphatic carbocycles. The smallest absolute Gasteiger partial charge is 0.225 e. The Morgan fingerprint density at radius 3 is 2.17 bits per heavy atom. The monoisotopic (exact) mass is 323 g/mol. The summed E-state index contributed by atoms with van der Waals surface area (Å²) in [5, 5.41) is 0. The first kappa shape index (κ1) is 17.4. The van der Waals surface area contributed by atoms with E-state index in [-0.39, 0.29) is 11.8 Å². The molecule has 1 aliphatic heterocycles. The Labute approximate surface area is 137 Å². The average molecular weight is 323 g/mol. The summed E-state index contributed by atoms with van der Waals surface area (Å²) in [5.74, 6) is 1.94. The molecule has 2 rings (SSSR count). The zero-order valence-electron chi connectivity index (χ0n) is 14.3. The highest BCUT2D eigenvalue weighted by molar-refractivity contribution is 5.78. The van der Waals surface area contributed by atoms with Gasteiger partial charge in [0.05, 0.1) is 21.3 Å². The van der Waals surface area contributed by atoms with Gasteiger partial charge in [0.25, 0.3) is 0 Å². The van der Waals surface area contributed by atoms with Crippen LogP contribution in [0.2, 0.25) is 0 Å². The zero-order valence-corrected chi connectivity index (χ0v) is 14.3. The first-order chi connectivity index (χ1) is 11.1. The molecular formula is C17H25NO5. The first-order valence-corrected chi connectivity index (χ1v) is 7.72. The van der Waals surface area contributed by atoms with Crippen molar-refractivity contribution in [2.24, 2.45) is 5.92 Å². The van der Waals surface area contributed by atoms with Crippen molar-refractivity contribution in [2.75, 3.05) is 41.6 Å². The lowest BCUT2D eigenvalue weighted by Gasteiger charge is -2.27. The van der Waals surface area contributed by atoms with Crippen LogP contribution >= 0.6 is 0 Å². The molecule has 6 heteroatoms. The Bertz CT molecular complexity index is 515. The minimum absolute atomic E-state index is 0.0517. The van der Waals surface area contributed by atoms with Crippen molar-refractivity contribution in [3.05, 3.63) is 17.7 Å². The number of ether oxygens (including phenoxy) is 4. The summed E-state index contributed by atoms with van der Waals surface area (Å²) in [6, 6.07) is 3.74. The van der Waals surface area contributed by atoms with Crippen LogP contribution in [-0.4, -0.2) is 52.4 Å². The zero-order chi connectivity index (χ0) is 16.8. The molecule has 1 aromatic carbocycles. The van der Waals surface area contributed by atoms with Crippen LogP contribution in [0, 0.1) is 5.92 Å². The summed E-state index contributed by atoms with van der Waals surface area (Å²) >= 11 is 0. The lowest BCUT2D eigenvalue weighted by Crippen LogP contribution is -2.35. The topological polar surface area (TPSA) is 57.2 Å². The molecule has 0 spiro atoms. The molecule has 0 radical (unpaired) electrons. The molecule has 0 bridgehead atoms. The number of benzene rings is 1. The molecule has 0 N–H and O–H groups in total. The molecule has 1 aliphatic rings. The van der Waals surface area contributed by atoms with Crippen LogP contribution in [0.25, 0.3) is 0 Å². The number of hydrogen-bond acceptors (Lipinski definition) is 5. The van der Waals surface area contributed by atoms with Crippen molar-refractivity contribution in [3.63, 3.8) is 0 Å². The summed E-state index contributed by atoms with van der Waals surface area (Å²) in [4.78, 5) is 14.3. The number of carbonyl (C=O) groups excluding carboxylic acids is 1. The third-order valence-corrected chi connectivity index (χ3v) is 4.09. The molecular weight excluding hydrogens is 298 g/mol. The predicted octanol–water partition coefficient (Wildman–Crippen LogP) is 2.10. The molecule has 1 fully saturated rings. The lowest BCUT2D eigenvalue weighted by atomic mass is 9.98. The number of amides is 1. The van der Waals surface area contributed by atoms with E-state index in [1.165, 1.54) is 0 Å². The van der Waals surface area contributed by atoms with Gasteiger partial charge in [0.1, 0.15) is 0 Å². The van der Waals surface area contributed by atoms with Crippen molar-refractivity contribution in [3.8, 4) is 17.2 Å². The van der Waals surface area contributed by atoms with Gasteiger partial charge in [-0.3, -0.25) is 4.79 Å². The van der Waals surface area contributed by atoms with Crippen LogP contribution in [0.15, 0.2) is 12.1 Å². The van der Waals surface area contributed by atoms with Crippen molar-refractivity contribution >= 4 is 5.91 Å². The van der Waals surface area contributed by atoms with Gasteiger partial charge in [0.2, 0.25) is 11.7 Å². The summed E-state index contributed by atoms with van der Waals surface area (Å²) < 4.78 is 21.3. The van der Waals surface area contributed by atoms with Gasteiger partial charge in [0, 0.05) is 32.7 Å². The van der Waals surface area contributed by atoms with Gasteiger partial charge in [-0.2, -0.15) is 0 Å². The lowest BCUT2D eigenvalue weighted by molar-refractivity contribution is -0.137. The van der Waals surface area contributed by atoms with Gasteiger partial charge < -0.3 is 23.8 Å². The van der Waals surface area contributed by atoms with Crippen LogP contribution < -0.4 is 14.2 Å². The molecule has 0 saturated carbocycles. The molecule has 128 valence electrons. The summed E-state index contributed by atoms with van der Waals surface area (Å²) in [6.45, 7) is 1.82. The van der Waals surface area contributed by atoms with Crippen molar-refractivity contribution in [1.29, 1.82) is 0 Å². The largest absolute Gasteiger partial charge is 0.493 e. The van der Waals surface area contributed by atoms with Crippen molar-refractivity contribution in [2.45, 2.75) is 19.4 Å². The highest BCUT2D eigenvalue weighted by Crippen LogP contribution is 2.38. The number of carbonyl (C=O) groups is 1. The second-order valence-electron chi connectivity index (χ2n) is 5.61. The van der Waals surface area contributed by atoms with Gasteiger partial charge in [0.15, 0.2) is 11.5 Å². The number of hydrogen-bond donors (Lipinski definition) is 0. The van der Waals surface area contributed by atoms with Crippen LogP contribution in [0.5, 0.6) is 17.2 Å². The Balaban J connectivity index is 2.13. The highest BCUT2D eigenvalue weighted by atomic mass is 16.5. The Hall–Kier alpha value is -1.95. The number of nitrogens with zero attached hydrogens (tertiary/aromatic N) is 1. The minimum Gasteiger partial charge on any atom is -0.493 e. The second kappa shape index (κ2) is 8.06. The van der Waals surface area contributed by atoms with Crippen LogP contribution in [-0.2, 0) is 16.1 Å². The summed E-state index contributed by atoms with van der Waals surface area (Å²) in [6.07, 6.45) is 1.58. The maximum Gasteiger partial charge on any atom is 0.225 e. The fraction of sp³-hybridized carbons (Fsp3) is 0.588. The third-order valence-electron chi connectivity index (χ3n) is 4.09. The van der Waals surface area contributed by atoms with Crippen LogP contribution in [0.1, 0.15) is 18.4 Å². The second-order valence-corrected chi connectivity index (χ2v) is 5.61. The van der Waals surface area contributed by atoms with E-state index in [0.717, 1.165) is 18.4 Å². The Morgan fingerprint density at radius 2 is 1.70 bits per heavy atom. The molecule has 1 amide bonds. The van der Waals surface area contributed by atoms with Gasteiger partial charge in [-0.05, 0) is 30.5 Å². The standard InChI is InChI=1S/C17H25NO5/c1-18(17(19)13-5-7-23-8-6-13)11-12-9-14(20-2)16(22-4)15(10-12)21-3/h9-10,13H,5-8,11H2,1-4H3. The highest BCUT2D eigenvalue weighted by Gasteiger charge is 2.25. The first-order valence-electron chi connectivity index (χ1n) is 7.72. The van der Waals surface area contributed by atoms with Crippen molar-refractivity contribution in [1.82, 2.24) is 4.90 Å². The summed E-state index contributed by atoms with van der Waals surface area (Å²) in [7, 11) is 6.55. The fourth-order valence-corrected chi connectivity index (χ4v) is 2.83. The maximum atomic E-state index is 12.5. The number of rotatable bonds is 6. The van der Waals surface area contributed by atoms with E-state index in [1.807, 2.05) is 19.2 Å². The van der Waals surface area contributed by atoms with E-state index >= 15 is 0 Å². The van der Waals surface area contributed by atoms with Crippen LogP contribution in [0.4, 0.5) is 0 Å². The summed E-state index contributed by atoms with van der Waals surface area (Å²) in [5.41, 5.74) is 0.933. The molecule has 0 aromatic heterocycles. The molecule has 1 aromatic rings. The average Bonchev–Trinajstić information content (AvgIpc) is 2.60. The van der Waals surface area contributed by atoms with Crippen molar-refractivity contribution < 1.29 is 23.7 Å². The quantitative estimate of drug-likeness (QED) is 0.802. The Kier molecular flexibility index (Phi) is 6.10. The fourth-order valence-electron chi connectivity index (χ4n) is 2.83. The third kappa shape index (κ3) is 4.07. The normalized spacial score (nSPS) is 15.1. The molecule has 0 unspecified atom stereocenters. The number of methoxy groups -OCH3 is 3. The van der Waals surface area contributed by atoms with Gasteiger partial charge in [-0.15, -0.1) is 0 Å². The maximum absolute atomic E-state index is 12.5. The van der Waals surface area contributed by atoms with E-state index in [9.17, 15) is 4.79 Å². The molecule has 23 heavy (non-hydrogen) atoms. The minimum atomic E-state index is 0.0517. The van der Waals surface area contributed by atoms with E-state index in [0.29, 0.717) is 37.0 Å². The molecule has 0 atom stereocenters. The van der Waals surface area contributed by atoms with E-state index in [4.69, 9.17) is 18.9 Å².